The molecule has 0 radical (unpaired) electrons. The Kier molecular flexibility index (Phi) is 7.14. The van der Waals surface area contributed by atoms with E-state index in [-0.39, 0.29) is 0 Å². The summed E-state index contributed by atoms with van der Waals surface area (Å²) < 4.78 is 10.4. The van der Waals surface area contributed by atoms with Crippen molar-refractivity contribution in [2.24, 2.45) is 0 Å². The summed E-state index contributed by atoms with van der Waals surface area (Å²) in [5.74, 6) is -0.0806. The Balaban J connectivity index is 1.77. The van der Waals surface area contributed by atoms with E-state index in [1.165, 1.54) is 25.6 Å². The number of carbonyl (C=O) groups is 2. The van der Waals surface area contributed by atoms with Gasteiger partial charge in [-0.15, -0.1) is 11.3 Å². The molecular weight excluding hydrogens is 464 g/mol. The number of anilines is 1. The Bertz CT molecular complexity index is 1230. The number of amides is 2. The average molecular weight is 489 g/mol. The number of benzene rings is 3. The molecule has 0 atom stereocenters. The van der Waals surface area contributed by atoms with E-state index in [1.807, 2.05) is 6.07 Å². The highest BCUT2D eigenvalue weighted by Gasteiger charge is 2.42. The number of thiophene rings is 1. The smallest absolute Gasteiger partial charge is 0.287 e. The van der Waals surface area contributed by atoms with E-state index in [0.717, 1.165) is 5.01 Å². The van der Waals surface area contributed by atoms with Gasteiger partial charge in [-0.3, -0.25) is 15.0 Å². The molecule has 8 heteroatoms. The van der Waals surface area contributed by atoms with Crippen molar-refractivity contribution < 1.29 is 24.2 Å². The summed E-state index contributed by atoms with van der Waals surface area (Å²) in [6.45, 7) is 0. The predicted molar refractivity (Wildman–Crippen MR) is 135 cm³/mol. The number of nitrogens with one attached hydrogen (secondary N) is 1. The molecule has 2 N–H and O–H groups in total. The molecule has 2 amide bonds. The van der Waals surface area contributed by atoms with Gasteiger partial charge >= 0.3 is 0 Å². The molecule has 0 aliphatic carbocycles. The van der Waals surface area contributed by atoms with E-state index >= 15 is 0 Å². The molecule has 1 heterocycles. The molecule has 1 aromatic heterocycles. The maximum absolute atomic E-state index is 13.8. The molecule has 178 valence electrons. The fourth-order valence-corrected chi connectivity index (χ4v) is 4.25. The Labute approximate surface area is 207 Å². The van der Waals surface area contributed by atoms with Gasteiger partial charge in [-0.25, -0.2) is 5.01 Å². The number of hydrazine groups is 1. The molecule has 0 bridgehead atoms. The Morgan fingerprint density at radius 2 is 1.34 bits per heavy atom. The Hall–Kier alpha value is -4.14. The van der Waals surface area contributed by atoms with Crippen molar-refractivity contribution in [3.63, 3.8) is 0 Å². The first-order valence-corrected chi connectivity index (χ1v) is 11.6. The molecule has 3 aromatic carbocycles. The normalized spacial score (nSPS) is 10.9. The second-order valence-electron chi connectivity index (χ2n) is 7.56. The lowest BCUT2D eigenvalue weighted by atomic mass is 9.85. The van der Waals surface area contributed by atoms with Gasteiger partial charge in [0.15, 0.2) is 5.60 Å². The quantitative estimate of drug-likeness (QED) is 0.377. The lowest BCUT2D eigenvalue weighted by Crippen LogP contribution is -2.54. The topological polar surface area (TPSA) is 88.1 Å². The summed E-state index contributed by atoms with van der Waals surface area (Å²) >= 11 is 1.26. The molecule has 0 saturated carbocycles. The molecule has 4 aromatic rings. The number of hydrogen-bond donors (Lipinski definition) is 2. The fourth-order valence-electron chi connectivity index (χ4n) is 3.60. The largest absolute Gasteiger partial charge is 0.497 e. The van der Waals surface area contributed by atoms with E-state index in [2.05, 4.69) is 5.43 Å². The first-order valence-electron chi connectivity index (χ1n) is 10.7. The summed E-state index contributed by atoms with van der Waals surface area (Å²) in [5, 5.41) is 14.9. The number of hydrogen-bond acceptors (Lipinski definition) is 6. The van der Waals surface area contributed by atoms with E-state index in [1.54, 1.807) is 90.3 Å². The van der Waals surface area contributed by atoms with Gasteiger partial charge in [0.1, 0.15) is 11.5 Å². The van der Waals surface area contributed by atoms with Crippen molar-refractivity contribution >= 4 is 28.8 Å². The minimum absolute atomic E-state index is 0.303. The van der Waals surface area contributed by atoms with E-state index < -0.39 is 17.4 Å². The van der Waals surface area contributed by atoms with Crippen LogP contribution in [0.3, 0.4) is 0 Å². The third kappa shape index (κ3) is 4.89. The average Bonchev–Trinajstić information content (AvgIpc) is 3.46. The van der Waals surface area contributed by atoms with Crippen LogP contribution < -0.4 is 19.9 Å². The zero-order valence-corrected chi connectivity index (χ0v) is 20.0. The van der Waals surface area contributed by atoms with E-state index in [0.29, 0.717) is 33.2 Å². The highest BCUT2D eigenvalue weighted by Crippen LogP contribution is 2.33. The van der Waals surface area contributed by atoms with Crippen molar-refractivity contribution in [1.29, 1.82) is 0 Å². The highest BCUT2D eigenvalue weighted by atomic mass is 32.1. The van der Waals surface area contributed by atoms with Crippen molar-refractivity contribution in [2.45, 2.75) is 5.60 Å². The zero-order valence-electron chi connectivity index (χ0n) is 19.2. The number of rotatable bonds is 7. The number of ether oxygens (including phenoxy) is 2. The molecule has 4 rings (SSSR count). The maximum atomic E-state index is 13.8. The molecule has 0 fully saturated rings. The molecule has 0 aliphatic rings. The van der Waals surface area contributed by atoms with Crippen LogP contribution in [0.5, 0.6) is 11.5 Å². The Morgan fingerprint density at radius 1 is 0.800 bits per heavy atom. The van der Waals surface area contributed by atoms with Gasteiger partial charge in [0, 0.05) is 0 Å². The van der Waals surface area contributed by atoms with Crippen LogP contribution in [0.4, 0.5) is 5.69 Å². The lowest BCUT2D eigenvalue weighted by molar-refractivity contribution is -0.136. The standard InChI is InChI=1S/C27H24N2O5S/c1-33-22-14-10-19(11-15-22)27(32,20-12-16-23(34-2)17-13-20)26(31)28-29(21-7-4-3-5-8-21)25(30)24-9-6-18-35-24/h3-18,32H,1-2H3,(H,28,31). The third-order valence-corrected chi connectivity index (χ3v) is 6.36. The minimum Gasteiger partial charge on any atom is -0.497 e. The number of carbonyl (C=O) groups excluding carboxylic acids is 2. The van der Waals surface area contributed by atoms with Crippen LogP contribution >= 0.6 is 11.3 Å². The van der Waals surface area contributed by atoms with Crippen LogP contribution in [-0.2, 0) is 10.4 Å². The highest BCUT2D eigenvalue weighted by molar-refractivity contribution is 7.12. The van der Waals surface area contributed by atoms with Crippen LogP contribution in [0.15, 0.2) is 96.4 Å². The maximum Gasteiger partial charge on any atom is 0.287 e. The molecule has 0 saturated heterocycles. The molecule has 0 spiro atoms. The molecule has 0 aliphatic heterocycles. The predicted octanol–water partition coefficient (Wildman–Crippen LogP) is 4.38. The molecular formula is C27H24N2O5S. The van der Waals surface area contributed by atoms with Crippen molar-refractivity contribution in [3.8, 4) is 11.5 Å². The number of para-hydroxylation sites is 1. The van der Waals surface area contributed by atoms with Gasteiger partial charge in [-0.2, -0.15) is 0 Å². The van der Waals surface area contributed by atoms with E-state index in [4.69, 9.17) is 9.47 Å². The van der Waals surface area contributed by atoms with Gasteiger partial charge in [0.2, 0.25) is 0 Å². The zero-order chi connectivity index (χ0) is 24.8. The second-order valence-corrected chi connectivity index (χ2v) is 8.51. The van der Waals surface area contributed by atoms with Gasteiger partial charge in [0.25, 0.3) is 11.8 Å². The summed E-state index contributed by atoms with van der Waals surface area (Å²) in [5.41, 5.74) is 1.59. The lowest BCUT2D eigenvalue weighted by Gasteiger charge is -2.32. The van der Waals surface area contributed by atoms with Gasteiger partial charge in [0.05, 0.1) is 24.8 Å². The fraction of sp³-hybridized carbons (Fsp3) is 0.111. The van der Waals surface area contributed by atoms with Crippen LogP contribution in [0, 0.1) is 0 Å². The third-order valence-electron chi connectivity index (χ3n) is 5.51. The summed E-state index contributed by atoms with van der Waals surface area (Å²) in [6, 6.07) is 25.2. The monoisotopic (exact) mass is 488 g/mol. The molecule has 0 unspecified atom stereocenters. The van der Waals surface area contributed by atoms with Gasteiger partial charge in [-0.1, -0.05) is 48.5 Å². The van der Waals surface area contributed by atoms with Gasteiger partial charge in [-0.05, 0) is 59.0 Å². The first kappa shape index (κ1) is 24.0. The van der Waals surface area contributed by atoms with Crippen molar-refractivity contribution in [1.82, 2.24) is 5.43 Å². The van der Waals surface area contributed by atoms with Crippen LogP contribution in [0.1, 0.15) is 20.8 Å². The molecule has 35 heavy (non-hydrogen) atoms. The summed E-state index contributed by atoms with van der Waals surface area (Å²) in [6.07, 6.45) is 0. The number of aliphatic hydroxyl groups is 1. The summed E-state index contributed by atoms with van der Waals surface area (Å²) in [7, 11) is 3.07. The number of methoxy groups -OCH3 is 2. The van der Waals surface area contributed by atoms with Crippen LogP contribution in [0.2, 0.25) is 0 Å². The van der Waals surface area contributed by atoms with Gasteiger partial charge < -0.3 is 14.6 Å². The summed E-state index contributed by atoms with van der Waals surface area (Å²) in [4.78, 5) is 27.6. The van der Waals surface area contributed by atoms with Crippen molar-refractivity contribution in [3.05, 3.63) is 112 Å². The minimum atomic E-state index is -2.12. The SMILES string of the molecule is COc1ccc(C(O)(C(=O)NN(C(=O)c2cccs2)c2ccccc2)c2ccc(OC)cc2)cc1. The van der Waals surface area contributed by atoms with E-state index in [9.17, 15) is 14.7 Å². The first-order chi connectivity index (χ1) is 17.0. The Morgan fingerprint density at radius 3 is 1.80 bits per heavy atom. The number of nitrogens with zero attached hydrogens (tertiary/aromatic N) is 1. The van der Waals surface area contributed by atoms with Crippen LogP contribution in [-0.4, -0.2) is 31.1 Å². The van der Waals surface area contributed by atoms with Crippen molar-refractivity contribution in [2.75, 3.05) is 19.2 Å². The molecule has 7 nitrogen and oxygen atoms in total. The second kappa shape index (κ2) is 10.4. The van der Waals surface area contributed by atoms with Crippen LogP contribution in [0.25, 0.3) is 0 Å².